The number of halogens is 1. The molecule has 0 aliphatic carbocycles. The van der Waals surface area contributed by atoms with Crippen LogP contribution in [0.4, 0.5) is 5.82 Å². The molecule has 0 aliphatic rings. The molecule has 0 bridgehead atoms. The zero-order chi connectivity index (χ0) is 21.3. The van der Waals surface area contributed by atoms with Crippen molar-refractivity contribution in [3.8, 4) is 11.3 Å². The van der Waals surface area contributed by atoms with E-state index in [2.05, 4.69) is 0 Å². The average molecular weight is 418 g/mol. The summed E-state index contributed by atoms with van der Waals surface area (Å²) in [6.45, 7) is -0.751. The normalized spacial score (nSPS) is 10.7. The number of nitrogens with zero attached hydrogens (tertiary/aromatic N) is 2. The Bertz CT molecular complexity index is 1240. The van der Waals surface area contributed by atoms with Gasteiger partial charge in [-0.25, -0.2) is 9.59 Å². The van der Waals surface area contributed by atoms with Gasteiger partial charge < -0.3 is 14.9 Å². The van der Waals surface area contributed by atoms with E-state index in [0.717, 1.165) is 9.13 Å². The third kappa shape index (κ3) is 3.72. The quantitative estimate of drug-likeness (QED) is 0.493. The summed E-state index contributed by atoms with van der Waals surface area (Å²) in [6, 6.07) is 9.83. The predicted molar refractivity (Wildman–Crippen MR) is 105 cm³/mol. The van der Waals surface area contributed by atoms with Gasteiger partial charge >= 0.3 is 11.7 Å². The van der Waals surface area contributed by atoms with Crippen LogP contribution in [0.5, 0.6) is 0 Å². The second kappa shape index (κ2) is 7.80. The molecule has 0 fully saturated rings. The van der Waals surface area contributed by atoms with Gasteiger partial charge in [0.1, 0.15) is 17.1 Å². The van der Waals surface area contributed by atoms with E-state index in [9.17, 15) is 19.2 Å². The molecule has 0 radical (unpaired) electrons. The van der Waals surface area contributed by atoms with Crippen molar-refractivity contribution in [1.82, 2.24) is 9.13 Å². The zero-order valence-corrected chi connectivity index (χ0v) is 16.2. The van der Waals surface area contributed by atoms with E-state index in [1.54, 1.807) is 30.3 Å². The van der Waals surface area contributed by atoms with E-state index in [1.807, 2.05) is 0 Å². The first kappa shape index (κ1) is 20.2. The number of nitrogens with two attached hydrogens (primary N) is 1. The van der Waals surface area contributed by atoms with Gasteiger partial charge in [-0.3, -0.25) is 18.7 Å². The summed E-state index contributed by atoms with van der Waals surface area (Å²) >= 11 is 6.10. The van der Waals surface area contributed by atoms with Crippen LogP contribution in [0.3, 0.4) is 0 Å². The number of nitrogen functional groups attached to an aromatic ring is 1. The highest BCUT2D eigenvalue weighted by Gasteiger charge is 2.22. The number of carbonyl (C=O) groups is 2. The Morgan fingerprint density at radius 2 is 1.79 bits per heavy atom. The molecular formula is C19H16ClN3O6. The number of hydrogen-bond acceptors (Lipinski definition) is 7. The highest BCUT2D eigenvalue weighted by molar-refractivity contribution is 6.33. The Balaban J connectivity index is 1.77. The van der Waals surface area contributed by atoms with Crippen molar-refractivity contribution in [2.45, 2.75) is 0 Å². The number of aromatic nitrogens is 2. The van der Waals surface area contributed by atoms with Gasteiger partial charge in [-0.2, -0.15) is 0 Å². The number of Topliss-reactive ketones (excluding diaryl/α,β-unsaturated/α-hetero) is 1. The Morgan fingerprint density at radius 3 is 2.48 bits per heavy atom. The number of anilines is 1. The number of furan rings is 1. The van der Waals surface area contributed by atoms with E-state index in [4.69, 9.17) is 26.5 Å². The van der Waals surface area contributed by atoms with Crippen LogP contribution in [0, 0.1) is 0 Å². The molecule has 2 aromatic heterocycles. The lowest BCUT2D eigenvalue weighted by atomic mass is 10.2. The molecule has 9 nitrogen and oxygen atoms in total. The summed E-state index contributed by atoms with van der Waals surface area (Å²) in [6.07, 6.45) is 0. The average Bonchev–Trinajstić information content (AvgIpc) is 3.19. The van der Waals surface area contributed by atoms with Crippen molar-refractivity contribution in [3.63, 3.8) is 0 Å². The smallest absolute Gasteiger partial charge is 0.374 e. The molecule has 150 valence electrons. The second-order valence-corrected chi connectivity index (χ2v) is 6.52. The van der Waals surface area contributed by atoms with Gasteiger partial charge in [0.15, 0.2) is 6.61 Å². The Morgan fingerprint density at radius 1 is 1.10 bits per heavy atom. The van der Waals surface area contributed by atoms with E-state index >= 15 is 0 Å². The fourth-order valence-electron chi connectivity index (χ4n) is 2.65. The van der Waals surface area contributed by atoms with Crippen molar-refractivity contribution >= 4 is 29.2 Å². The summed E-state index contributed by atoms with van der Waals surface area (Å²) in [5, 5.41) is 0.443. The topological polar surface area (TPSA) is 127 Å². The molecule has 3 rings (SSSR count). The molecule has 2 N–H and O–H groups in total. The molecule has 0 amide bonds. The first-order chi connectivity index (χ1) is 13.7. The lowest BCUT2D eigenvalue weighted by molar-refractivity contribution is 0.0444. The zero-order valence-electron chi connectivity index (χ0n) is 15.5. The Kier molecular flexibility index (Phi) is 5.42. The van der Waals surface area contributed by atoms with Crippen LogP contribution in [-0.4, -0.2) is 27.5 Å². The number of benzene rings is 1. The maximum Gasteiger partial charge on any atom is 0.374 e. The molecule has 1 aromatic carbocycles. The van der Waals surface area contributed by atoms with Crippen LogP contribution < -0.4 is 17.0 Å². The Hall–Kier alpha value is -3.59. The van der Waals surface area contributed by atoms with Gasteiger partial charge in [0, 0.05) is 19.7 Å². The van der Waals surface area contributed by atoms with Gasteiger partial charge in [0.2, 0.25) is 11.5 Å². The third-order valence-corrected chi connectivity index (χ3v) is 4.60. The minimum absolute atomic E-state index is 0.144. The summed E-state index contributed by atoms with van der Waals surface area (Å²) < 4.78 is 12.1. The lowest BCUT2D eigenvalue weighted by Gasteiger charge is -2.10. The lowest BCUT2D eigenvalue weighted by Crippen LogP contribution is -2.42. The van der Waals surface area contributed by atoms with E-state index in [-0.39, 0.29) is 11.6 Å². The van der Waals surface area contributed by atoms with Gasteiger partial charge in [-0.1, -0.05) is 23.7 Å². The van der Waals surface area contributed by atoms with Crippen molar-refractivity contribution in [1.29, 1.82) is 0 Å². The molecule has 0 saturated carbocycles. The molecule has 0 unspecified atom stereocenters. The molecule has 0 atom stereocenters. The minimum Gasteiger partial charge on any atom is -0.451 e. The maximum absolute atomic E-state index is 12.4. The molecule has 0 aliphatic heterocycles. The summed E-state index contributed by atoms with van der Waals surface area (Å²) in [5.41, 5.74) is 4.32. The summed E-state index contributed by atoms with van der Waals surface area (Å²) in [4.78, 5) is 48.6. The SMILES string of the molecule is Cn1c(N)c(C(=O)COC(=O)c2ccc(-c3ccccc3Cl)o2)c(=O)n(C)c1=O. The van der Waals surface area contributed by atoms with Crippen molar-refractivity contribution < 1.29 is 18.7 Å². The van der Waals surface area contributed by atoms with Gasteiger partial charge in [0.05, 0.1) is 5.02 Å². The molecule has 2 heterocycles. The monoisotopic (exact) mass is 417 g/mol. The first-order valence-corrected chi connectivity index (χ1v) is 8.70. The van der Waals surface area contributed by atoms with Crippen LogP contribution in [0.25, 0.3) is 11.3 Å². The van der Waals surface area contributed by atoms with E-state index < -0.39 is 35.2 Å². The summed E-state index contributed by atoms with van der Waals surface area (Å²) in [5.74, 6) is -1.85. The maximum atomic E-state index is 12.4. The fourth-order valence-corrected chi connectivity index (χ4v) is 2.88. The molecular weight excluding hydrogens is 402 g/mol. The van der Waals surface area contributed by atoms with Crippen molar-refractivity contribution in [2.24, 2.45) is 14.1 Å². The van der Waals surface area contributed by atoms with Crippen LogP contribution in [-0.2, 0) is 18.8 Å². The third-order valence-electron chi connectivity index (χ3n) is 4.27. The minimum atomic E-state index is -0.906. The number of rotatable bonds is 5. The van der Waals surface area contributed by atoms with Crippen LogP contribution in [0.2, 0.25) is 5.02 Å². The number of hydrogen-bond donors (Lipinski definition) is 1. The Labute approximate surface area is 168 Å². The molecule has 10 heteroatoms. The van der Waals surface area contributed by atoms with Crippen molar-refractivity contribution in [2.75, 3.05) is 12.3 Å². The van der Waals surface area contributed by atoms with Gasteiger partial charge in [-0.05, 0) is 24.3 Å². The number of ketones is 1. The highest BCUT2D eigenvalue weighted by Crippen LogP contribution is 2.29. The molecule has 0 spiro atoms. The van der Waals surface area contributed by atoms with Gasteiger partial charge in [-0.15, -0.1) is 0 Å². The van der Waals surface area contributed by atoms with E-state index in [1.165, 1.54) is 20.2 Å². The molecule has 0 saturated heterocycles. The highest BCUT2D eigenvalue weighted by atomic mass is 35.5. The molecule has 3 aromatic rings. The van der Waals surface area contributed by atoms with Crippen LogP contribution >= 0.6 is 11.6 Å². The molecule has 29 heavy (non-hydrogen) atoms. The van der Waals surface area contributed by atoms with Crippen LogP contribution in [0.1, 0.15) is 20.9 Å². The van der Waals surface area contributed by atoms with Crippen LogP contribution in [0.15, 0.2) is 50.4 Å². The number of carbonyl (C=O) groups excluding carboxylic acids is 2. The second-order valence-electron chi connectivity index (χ2n) is 6.11. The number of ether oxygens (including phenoxy) is 1. The number of esters is 1. The first-order valence-electron chi connectivity index (χ1n) is 8.33. The van der Waals surface area contributed by atoms with Crippen molar-refractivity contribution in [3.05, 3.63) is 73.6 Å². The largest absolute Gasteiger partial charge is 0.451 e. The predicted octanol–water partition coefficient (Wildman–Crippen LogP) is 1.62. The standard InChI is InChI=1S/C19H16ClN3O6/c1-22-16(21)15(17(25)23(2)19(22)27)12(24)9-28-18(26)14-8-7-13(29-14)10-5-3-4-6-11(10)20/h3-8H,9,21H2,1-2H3. The van der Waals surface area contributed by atoms with E-state index in [0.29, 0.717) is 16.3 Å². The summed E-state index contributed by atoms with van der Waals surface area (Å²) in [7, 11) is 2.53. The van der Waals surface area contributed by atoms with Gasteiger partial charge in [0.25, 0.3) is 5.56 Å². The fraction of sp³-hybridized carbons (Fsp3) is 0.158.